The van der Waals surface area contributed by atoms with Gasteiger partial charge in [0.05, 0.1) is 5.69 Å². The second-order valence-corrected chi connectivity index (χ2v) is 8.99. The molecule has 0 radical (unpaired) electrons. The van der Waals surface area contributed by atoms with E-state index in [2.05, 4.69) is 29.0 Å². The van der Waals surface area contributed by atoms with Gasteiger partial charge in [-0.1, -0.05) is 11.6 Å². The molecule has 0 spiro atoms. The molecule has 3 rings (SSSR count). The summed E-state index contributed by atoms with van der Waals surface area (Å²) in [7, 11) is 0. The number of carbonyl (C=O) groups excluding carboxylic acids is 1. The molecule has 2 heterocycles. The molecule has 0 saturated heterocycles. The summed E-state index contributed by atoms with van der Waals surface area (Å²) >= 11 is 9.14. The van der Waals surface area contributed by atoms with E-state index in [0.717, 1.165) is 46.0 Å². The van der Waals surface area contributed by atoms with Crippen LogP contribution in [0.1, 0.15) is 30.8 Å². The third-order valence-corrected chi connectivity index (χ3v) is 6.41. The van der Waals surface area contributed by atoms with Gasteiger partial charge in [0.2, 0.25) is 5.91 Å². The lowest BCUT2D eigenvalue weighted by Crippen LogP contribution is -2.35. The van der Waals surface area contributed by atoms with E-state index in [-0.39, 0.29) is 5.91 Å². The molecule has 1 N–H and O–H groups in total. The molecule has 0 fully saturated rings. The van der Waals surface area contributed by atoms with Crippen molar-refractivity contribution in [2.75, 3.05) is 17.6 Å². The number of thioether (sulfide) groups is 1. The van der Waals surface area contributed by atoms with Crippen LogP contribution >= 0.6 is 34.7 Å². The lowest BCUT2D eigenvalue weighted by atomic mass is 10.1. The summed E-state index contributed by atoms with van der Waals surface area (Å²) < 4.78 is 0. The van der Waals surface area contributed by atoms with Gasteiger partial charge < -0.3 is 5.32 Å². The van der Waals surface area contributed by atoms with Crippen molar-refractivity contribution in [1.82, 2.24) is 9.88 Å². The highest BCUT2D eigenvalue weighted by molar-refractivity contribution is 7.99. The van der Waals surface area contributed by atoms with Crippen LogP contribution in [0.25, 0.3) is 0 Å². The van der Waals surface area contributed by atoms with Crippen molar-refractivity contribution in [1.29, 1.82) is 0 Å². The molecule has 1 aliphatic rings. The molecule has 25 heavy (non-hydrogen) atoms. The summed E-state index contributed by atoms with van der Waals surface area (Å²) in [5, 5.41) is 4.42. The average molecular weight is 396 g/mol. The Morgan fingerprint density at radius 2 is 2.16 bits per heavy atom. The number of nitrogens with zero attached hydrogens (tertiary/aromatic N) is 2. The zero-order chi connectivity index (χ0) is 17.8. The largest absolute Gasteiger partial charge is 0.302 e. The van der Waals surface area contributed by atoms with Crippen molar-refractivity contribution in [2.45, 2.75) is 44.2 Å². The van der Waals surface area contributed by atoms with Crippen molar-refractivity contribution < 1.29 is 4.79 Å². The SMILES string of the molecule is CC(C)N1CCc2nc(NC(=O)CCSc3ccc(Cl)cc3)sc2C1. The number of thiazole rings is 1. The molecule has 2 aromatic rings. The Kier molecular flexibility index (Phi) is 6.39. The smallest absolute Gasteiger partial charge is 0.226 e. The number of halogens is 1. The monoisotopic (exact) mass is 395 g/mol. The molecule has 0 aliphatic carbocycles. The highest BCUT2D eigenvalue weighted by atomic mass is 35.5. The predicted octanol–water partition coefficient (Wildman–Crippen LogP) is 4.68. The van der Waals surface area contributed by atoms with E-state index in [1.807, 2.05) is 24.3 Å². The number of carbonyl (C=O) groups is 1. The van der Waals surface area contributed by atoms with Gasteiger partial charge in [0.25, 0.3) is 0 Å². The van der Waals surface area contributed by atoms with E-state index in [4.69, 9.17) is 11.6 Å². The average Bonchev–Trinajstić information content (AvgIpc) is 2.97. The van der Waals surface area contributed by atoms with E-state index in [9.17, 15) is 4.79 Å². The highest BCUT2D eigenvalue weighted by Gasteiger charge is 2.22. The van der Waals surface area contributed by atoms with Crippen LogP contribution in [0.4, 0.5) is 5.13 Å². The fourth-order valence-electron chi connectivity index (χ4n) is 2.68. The molecule has 1 amide bonds. The minimum atomic E-state index is 0.0216. The molecule has 7 heteroatoms. The third kappa shape index (κ3) is 5.20. The normalized spacial score (nSPS) is 14.6. The molecular weight excluding hydrogens is 374 g/mol. The summed E-state index contributed by atoms with van der Waals surface area (Å²) in [6.45, 7) is 6.41. The summed E-state index contributed by atoms with van der Waals surface area (Å²) in [4.78, 5) is 21.6. The standard InChI is InChI=1S/C18H22ClN3OS2/c1-12(2)22-9-7-15-16(11-22)25-18(20-15)21-17(23)8-10-24-14-5-3-13(19)4-6-14/h3-6,12H,7-11H2,1-2H3,(H,20,21,23). The number of fused-ring (bicyclic) bond motifs is 1. The molecule has 0 saturated carbocycles. The molecular formula is C18H22ClN3OS2. The number of amides is 1. The number of anilines is 1. The Balaban J connectivity index is 1.48. The van der Waals surface area contributed by atoms with Crippen LogP contribution in [-0.4, -0.2) is 34.1 Å². The lowest BCUT2D eigenvalue weighted by molar-refractivity contribution is -0.115. The van der Waals surface area contributed by atoms with Crippen LogP contribution in [-0.2, 0) is 17.8 Å². The maximum Gasteiger partial charge on any atom is 0.226 e. The first-order valence-electron chi connectivity index (χ1n) is 8.42. The van der Waals surface area contributed by atoms with Gasteiger partial charge in [-0.15, -0.1) is 23.1 Å². The molecule has 4 nitrogen and oxygen atoms in total. The van der Waals surface area contributed by atoms with Crippen molar-refractivity contribution in [3.63, 3.8) is 0 Å². The van der Waals surface area contributed by atoms with Gasteiger partial charge in [0.1, 0.15) is 0 Å². The van der Waals surface area contributed by atoms with Crippen LogP contribution in [0.2, 0.25) is 5.02 Å². The second-order valence-electron chi connectivity index (χ2n) is 6.30. The van der Waals surface area contributed by atoms with Gasteiger partial charge in [0, 0.05) is 52.5 Å². The van der Waals surface area contributed by atoms with E-state index < -0.39 is 0 Å². The van der Waals surface area contributed by atoms with Crippen molar-refractivity contribution in [3.05, 3.63) is 39.9 Å². The summed E-state index contributed by atoms with van der Waals surface area (Å²) in [6.07, 6.45) is 1.43. The first-order chi connectivity index (χ1) is 12.0. The Morgan fingerprint density at radius 1 is 1.40 bits per heavy atom. The van der Waals surface area contributed by atoms with Crippen molar-refractivity contribution >= 4 is 45.7 Å². The van der Waals surface area contributed by atoms with E-state index >= 15 is 0 Å². The molecule has 1 aliphatic heterocycles. The lowest BCUT2D eigenvalue weighted by Gasteiger charge is -2.29. The van der Waals surface area contributed by atoms with Crippen LogP contribution in [0.3, 0.4) is 0 Å². The Labute approximate surface area is 162 Å². The van der Waals surface area contributed by atoms with E-state index in [1.54, 1.807) is 23.1 Å². The molecule has 134 valence electrons. The fourth-order valence-corrected chi connectivity index (χ4v) is 4.71. The van der Waals surface area contributed by atoms with Crippen molar-refractivity contribution in [3.8, 4) is 0 Å². The predicted molar refractivity (Wildman–Crippen MR) is 107 cm³/mol. The Bertz CT molecular complexity index is 730. The second kappa shape index (κ2) is 8.54. The topological polar surface area (TPSA) is 45.2 Å². The number of nitrogens with one attached hydrogen (secondary N) is 1. The summed E-state index contributed by atoms with van der Waals surface area (Å²) in [5.41, 5.74) is 1.15. The molecule has 1 aromatic heterocycles. The van der Waals surface area contributed by atoms with E-state index in [0.29, 0.717) is 12.5 Å². The van der Waals surface area contributed by atoms with Crippen molar-refractivity contribution in [2.24, 2.45) is 0 Å². The first-order valence-corrected chi connectivity index (χ1v) is 10.6. The van der Waals surface area contributed by atoms with Crippen LogP contribution in [0.5, 0.6) is 0 Å². The number of rotatable bonds is 6. The molecule has 1 aromatic carbocycles. The van der Waals surface area contributed by atoms with Crippen LogP contribution in [0.15, 0.2) is 29.2 Å². The number of benzene rings is 1. The van der Waals surface area contributed by atoms with Gasteiger partial charge in [-0.2, -0.15) is 0 Å². The third-order valence-electron chi connectivity index (χ3n) is 4.15. The van der Waals surface area contributed by atoms with E-state index in [1.165, 1.54) is 4.88 Å². The maximum absolute atomic E-state index is 12.2. The van der Waals surface area contributed by atoms with Gasteiger partial charge >= 0.3 is 0 Å². The zero-order valence-electron chi connectivity index (χ0n) is 14.4. The Morgan fingerprint density at radius 3 is 2.88 bits per heavy atom. The first kappa shape index (κ1) is 18.7. The molecule has 0 unspecified atom stereocenters. The maximum atomic E-state index is 12.2. The quantitative estimate of drug-likeness (QED) is 0.721. The number of hydrogen-bond donors (Lipinski definition) is 1. The summed E-state index contributed by atoms with van der Waals surface area (Å²) in [6, 6.07) is 8.22. The van der Waals surface area contributed by atoms with Gasteiger partial charge in [0.15, 0.2) is 5.13 Å². The highest BCUT2D eigenvalue weighted by Crippen LogP contribution is 2.29. The minimum Gasteiger partial charge on any atom is -0.302 e. The molecule has 0 bridgehead atoms. The van der Waals surface area contributed by atoms with Gasteiger partial charge in [-0.05, 0) is 38.1 Å². The minimum absolute atomic E-state index is 0.0216. The fraction of sp³-hybridized carbons (Fsp3) is 0.444. The zero-order valence-corrected chi connectivity index (χ0v) is 16.8. The number of aromatic nitrogens is 1. The van der Waals surface area contributed by atoms with Crippen LogP contribution in [0, 0.1) is 0 Å². The molecule has 0 atom stereocenters. The Hall–Kier alpha value is -1.08. The van der Waals surface area contributed by atoms with Gasteiger partial charge in [-0.3, -0.25) is 9.69 Å². The van der Waals surface area contributed by atoms with Gasteiger partial charge in [-0.25, -0.2) is 4.98 Å². The summed E-state index contributed by atoms with van der Waals surface area (Å²) in [5.74, 6) is 0.757. The van der Waals surface area contributed by atoms with Crippen LogP contribution < -0.4 is 5.32 Å². The number of hydrogen-bond acceptors (Lipinski definition) is 5.